The summed E-state index contributed by atoms with van der Waals surface area (Å²) in [6.07, 6.45) is -2.75. The Morgan fingerprint density at radius 3 is 2.66 bits per heavy atom. The number of amides is 1. The number of piperazine rings is 1. The highest BCUT2D eigenvalue weighted by molar-refractivity contribution is 6.07. The molecular formula is C24H23F4N5O2. The predicted molar refractivity (Wildman–Crippen MR) is 124 cm³/mol. The summed E-state index contributed by atoms with van der Waals surface area (Å²) in [5, 5.41) is 2.55. The van der Waals surface area contributed by atoms with Crippen LogP contribution in [0, 0.1) is 5.82 Å². The molecule has 0 radical (unpaired) electrons. The Bertz CT molecular complexity index is 1310. The van der Waals surface area contributed by atoms with E-state index in [0.29, 0.717) is 30.4 Å². The van der Waals surface area contributed by atoms with Crippen LogP contribution in [-0.2, 0) is 6.18 Å². The zero-order chi connectivity index (χ0) is 25.3. The number of likely N-dealkylation sites (N-methyl/N-ethyl adjacent to an activating group) is 1. The number of hydrogen-bond donors (Lipinski definition) is 2. The van der Waals surface area contributed by atoms with Crippen LogP contribution < -0.4 is 15.8 Å². The first kappa shape index (κ1) is 24.4. The number of benzene rings is 1. The minimum Gasteiger partial charge on any atom is -0.367 e. The van der Waals surface area contributed by atoms with E-state index < -0.39 is 34.6 Å². The molecule has 0 unspecified atom stereocenters. The number of carbonyl (C=O) groups is 1. The van der Waals surface area contributed by atoms with Crippen LogP contribution in [0.25, 0.3) is 11.3 Å². The molecule has 0 saturated carbocycles. The Morgan fingerprint density at radius 1 is 1.20 bits per heavy atom. The van der Waals surface area contributed by atoms with Gasteiger partial charge >= 0.3 is 6.18 Å². The average molecular weight is 489 g/mol. The fraction of sp³-hybridized carbons (Fsp3) is 0.292. The number of pyridine rings is 2. The lowest BCUT2D eigenvalue weighted by Gasteiger charge is -2.39. The molecule has 0 bridgehead atoms. The molecule has 0 spiro atoms. The SMILES string of the molecule is C[C@H]1CN(c2ccc(-c3ncccc3F)cc2NC(=O)c2c[nH]c(=O)cc2C(F)(F)F)CCN1C. The van der Waals surface area contributed by atoms with E-state index in [-0.39, 0.29) is 17.4 Å². The molecule has 1 saturated heterocycles. The number of anilines is 2. The molecule has 4 rings (SSSR count). The third-order valence-electron chi connectivity index (χ3n) is 6.05. The smallest absolute Gasteiger partial charge is 0.367 e. The monoisotopic (exact) mass is 489 g/mol. The van der Waals surface area contributed by atoms with Crippen molar-refractivity contribution < 1.29 is 22.4 Å². The van der Waals surface area contributed by atoms with Gasteiger partial charge in [-0.25, -0.2) is 4.39 Å². The Labute approximate surface area is 198 Å². The van der Waals surface area contributed by atoms with E-state index in [4.69, 9.17) is 0 Å². The van der Waals surface area contributed by atoms with Crippen LogP contribution in [0.2, 0.25) is 0 Å². The second-order valence-corrected chi connectivity index (χ2v) is 8.42. The highest BCUT2D eigenvalue weighted by Gasteiger charge is 2.36. The van der Waals surface area contributed by atoms with Crippen molar-refractivity contribution in [2.75, 3.05) is 36.9 Å². The molecule has 35 heavy (non-hydrogen) atoms. The summed E-state index contributed by atoms with van der Waals surface area (Å²) >= 11 is 0. The maximum Gasteiger partial charge on any atom is 0.417 e. The van der Waals surface area contributed by atoms with Gasteiger partial charge in [0.15, 0.2) is 0 Å². The van der Waals surface area contributed by atoms with Crippen LogP contribution in [0.5, 0.6) is 0 Å². The third kappa shape index (κ3) is 5.19. The number of nitrogens with one attached hydrogen (secondary N) is 2. The zero-order valence-electron chi connectivity index (χ0n) is 19.0. The molecule has 1 aliphatic heterocycles. The normalized spacial score (nSPS) is 16.9. The van der Waals surface area contributed by atoms with Crippen molar-refractivity contribution in [3.8, 4) is 11.3 Å². The highest BCUT2D eigenvalue weighted by Crippen LogP contribution is 2.35. The maximum absolute atomic E-state index is 14.4. The third-order valence-corrected chi connectivity index (χ3v) is 6.05. The summed E-state index contributed by atoms with van der Waals surface area (Å²) in [5.74, 6) is -1.64. The summed E-state index contributed by atoms with van der Waals surface area (Å²) in [4.78, 5) is 34.8. The lowest BCUT2D eigenvalue weighted by Crippen LogP contribution is -2.50. The maximum atomic E-state index is 14.4. The molecule has 1 fully saturated rings. The van der Waals surface area contributed by atoms with Crippen molar-refractivity contribution in [3.63, 3.8) is 0 Å². The van der Waals surface area contributed by atoms with Crippen LogP contribution in [0.4, 0.5) is 28.9 Å². The van der Waals surface area contributed by atoms with Gasteiger partial charge in [-0.2, -0.15) is 13.2 Å². The molecule has 0 aliphatic carbocycles. The standard InChI is InChI=1S/C24H23F4N5O2/c1-14-13-33(9-8-32(14)2)20-6-5-15(22-18(25)4-3-7-29-22)10-19(20)31-23(35)16-12-30-21(34)11-17(16)24(26,27)28/h3-7,10-12,14H,8-9,13H2,1-2H3,(H,30,34)(H,31,35)/t14-/m0/s1. The zero-order valence-corrected chi connectivity index (χ0v) is 19.0. The number of aromatic nitrogens is 2. The molecule has 1 aliphatic rings. The van der Waals surface area contributed by atoms with Crippen molar-refractivity contribution in [2.24, 2.45) is 0 Å². The van der Waals surface area contributed by atoms with E-state index in [1.54, 1.807) is 12.1 Å². The summed E-state index contributed by atoms with van der Waals surface area (Å²) < 4.78 is 54.9. The van der Waals surface area contributed by atoms with Crippen molar-refractivity contribution in [1.82, 2.24) is 14.9 Å². The van der Waals surface area contributed by atoms with E-state index in [0.717, 1.165) is 12.7 Å². The van der Waals surface area contributed by atoms with Crippen molar-refractivity contribution in [3.05, 3.63) is 76.1 Å². The molecule has 1 aromatic carbocycles. The van der Waals surface area contributed by atoms with Crippen molar-refractivity contribution >= 4 is 17.3 Å². The second-order valence-electron chi connectivity index (χ2n) is 8.42. The summed E-state index contributed by atoms with van der Waals surface area (Å²) in [5.41, 5.74) is -1.88. The quantitative estimate of drug-likeness (QED) is 0.542. The topological polar surface area (TPSA) is 81.3 Å². The first-order valence-corrected chi connectivity index (χ1v) is 10.9. The number of alkyl halides is 3. The first-order chi connectivity index (χ1) is 16.5. The van der Waals surface area contributed by atoms with Crippen molar-refractivity contribution in [2.45, 2.75) is 19.1 Å². The molecule has 3 aromatic rings. The van der Waals surface area contributed by atoms with Gasteiger partial charge in [-0.1, -0.05) is 6.07 Å². The lowest BCUT2D eigenvalue weighted by molar-refractivity contribution is -0.138. The minimum atomic E-state index is -4.91. The lowest BCUT2D eigenvalue weighted by atomic mass is 10.1. The molecule has 2 aromatic heterocycles. The van der Waals surface area contributed by atoms with E-state index in [1.807, 2.05) is 18.9 Å². The predicted octanol–water partition coefficient (Wildman–Crippen LogP) is 3.99. The Hall–Kier alpha value is -3.73. The minimum absolute atomic E-state index is 0.0429. The van der Waals surface area contributed by atoms with E-state index in [9.17, 15) is 27.2 Å². The van der Waals surface area contributed by atoms with Crippen LogP contribution >= 0.6 is 0 Å². The average Bonchev–Trinajstić information content (AvgIpc) is 2.80. The fourth-order valence-corrected chi connectivity index (χ4v) is 4.01. The Kier molecular flexibility index (Phi) is 6.62. The largest absolute Gasteiger partial charge is 0.417 e. The van der Waals surface area contributed by atoms with Crippen molar-refractivity contribution in [1.29, 1.82) is 0 Å². The fourth-order valence-electron chi connectivity index (χ4n) is 4.01. The molecular weight excluding hydrogens is 466 g/mol. The number of H-pyrrole nitrogens is 1. The van der Waals surface area contributed by atoms with Gasteiger partial charge in [0.2, 0.25) is 5.56 Å². The number of hydrogen-bond acceptors (Lipinski definition) is 5. The van der Waals surface area contributed by atoms with Crippen LogP contribution in [0.1, 0.15) is 22.8 Å². The molecule has 1 amide bonds. The van der Waals surface area contributed by atoms with Crippen LogP contribution in [-0.4, -0.2) is 53.5 Å². The van der Waals surface area contributed by atoms with E-state index >= 15 is 0 Å². The van der Waals surface area contributed by atoms with Crippen LogP contribution in [0.15, 0.2) is 53.6 Å². The van der Waals surface area contributed by atoms with Gasteiger partial charge in [-0.05, 0) is 38.2 Å². The van der Waals surface area contributed by atoms with E-state index in [2.05, 4.69) is 20.2 Å². The molecule has 3 heterocycles. The number of halogens is 4. The molecule has 1 atom stereocenters. The number of carbonyl (C=O) groups excluding carboxylic acids is 1. The summed E-state index contributed by atoms with van der Waals surface area (Å²) in [6.45, 7) is 4.01. The number of aromatic amines is 1. The first-order valence-electron chi connectivity index (χ1n) is 10.9. The van der Waals surface area contributed by atoms with Gasteiger partial charge in [0.05, 0.1) is 22.5 Å². The number of rotatable bonds is 4. The molecule has 2 N–H and O–H groups in total. The highest BCUT2D eigenvalue weighted by atomic mass is 19.4. The Balaban J connectivity index is 1.77. The summed E-state index contributed by atoms with van der Waals surface area (Å²) in [6, 6.07) is 8.05. The van der Waals surface area contributed by atoms with Gasteiger partial charge < -0.3 is 20.1 Å². The number of nitrogens with zero attached hydrogens (tertiary/aromatic N) is 3. The van der Waals surface area contributed by atoms with Gasteiger partial charge in [-0.3, -0.25) is 14.6 Å². The Morgan fingerprint density at radius 2 is 1.97 bits per heavy atom. The van der Waals surface area contributed by atoms with Crippen LogP contribution in [0.3, 0.4) is 0 Å². The van der Waals surface area contributed by atoms with Gasteiger partial charge in [0.1, 0.15) is 11.5 Å². The second kappa shape index (κ2) is 9.49. The molecule has 11 heteroatoms. The van der Waals surface area contributed by atoms with E-state index in [1.165, 1.54) is 24.4 Å². The molecule has 7 nitrogen and oxygen atoms in total. The van der Waals surface area contributed by atoms with Gasteiger partial charge in [0, 0.05) is 49.7 Å². The summed E-state index contributed by atoms with van der Waals surface area (Å²) in [7, 11) is 1.99. The van der Waals surface area contributed by atoms with Gasteiger partial charge in [-0.15, -0.1) is 0 Å². The molecule has 184 valence electrons. The van der Waals surface area contributed by atoms with Gasteiger partial charge in [0.25, 0.3) is 5.91 Å².